The van der Waals surface area contributed by atoms with E-state index in [1.165, 1.54) is 5.56 Å². The lowest BCUT2D eigenvalue weighted by Gasteiger charge is -2.13. The van der Waals surface area contributed by atoms with Crippen LogP contribution in [-0.2, 0) is 28.8 Å². The maximum Gasteiger partial charge on any atom is 0.310 e. The second kappa shape index (κ2) is 11.5. The molecule has 0 spiro atoms. The lowest BCUT2D eigenvalue weighted by atomic mass is 9.91. The van der Waals surface area contributed by atoms with Crippen LogP contribution in [0.5, 0.6) is 11.5 Å². The summed E-state index contributed by atoms with van der Waals surface area (Å²) in [5, 5.41) is 4.29. The van der Waals surface area contributed by atoms with Crippen LogP contribution >= 0.6 is 0 Å². The van der Waals surface area contributed by atoms with E-state index in [4.69, 9.17) is 18.7 Å². The molecule has 6 nitrogen and oxygen atoms in total. The number of esters is 1. The van der Waals surface area contributed by atoms with Crippen molar-refractivity contribution in [2.75, 3.05) is 13.4 Å². The number of benzene rings is 3. The number of rotatable bonds is 10. The molecule has 0 bridgehead atoms. The molecule has 0 saturated heterocycles. The topological polar surface area (TPSA) is 70.8 Å². The van der Waals surface area contributed by atoms with Crippen LogP contribution < -0.4 is 9.47 Å². The highest BCUT2D eigenvalue weighted by molar-refractivity contribution is 5.78. The Hall–Kier alpha value is -4.06. The molecule has 0 amide bonds. The zero-order valence-corrected chi connectivity index (χ0v) is 22.2. The van der Waals surface area contributed by atoms with Gasteiger partial charge in [0, 0.05) is 11.1 Å². The summed E-state index contributed by atoms with van der Waals surface area (Å²) in [5.74, 6) is 2.71. The van der Waals surface area contributed by atoms with Gasteiger partial charge < -0.3 is 18.7 Å². The van der Waals surface area contributed by atoms with E-state index in [-0.39, 0.29) is 12.4 Å². The standard InChI is InChI=1S/C32H33NO5/c1-4-35-31(34)19-26-7-5-6-8-27(26)24-12-14-25(15-13-24)32-28(22(3)33-38-32)17-21(2)9-10-23-11-16-29-30(18-23)37-20-36-29/h5-8,11-16,18,21H,4,9-10,17,19-20H2,1-3H3. The SMILES string of the molecule is CCOC(=O)Cc1ccccc1-c1ccc(-c2onc(C)c2CC(C)CCc2ccc3c(c2)OCO3)cc1. The predicted molar refractivity (Wildman–Crippen MR) is 146 cm³/mol. The molecule has 0 aliphatic carbocycles. The van der Waals surface area contributed by atoms with E-state index < -0.39 is 0 Å². The monoisotopic (exact) mass is 511 g/mol. The molecule has 1 aliphatic rings. The molecule has 1 aromatic heterocycles. The fraction of sp³-hybridized carbons (Fsp3) is 0.312. The molecule has 1 atom stereocenters. The smallest absolute Gasteiger partial charge is 0.310 e. The number of nitrogens with zero attached hydrogens (tertiary/aromatic N) is 1. The number of hydrogen-bond acceptors (Lipinski definition) is 6. The minimum Gasteiger partial charge on any atom is -0.466 e. The summed E-state index contributed by atoms with van der Waals surface area (Å²) in [6.45, 7) is 6.78. The van der Waals surface area contributed by atoms with Crippen molar-refractivity contribution in [1.82, 2.24) is 5.16 Å². The molecule has 0 N–H and O–H groups in total. The fourth-order valence-electron chi connectivity index (χ4n) is 4.94. The van der Waals surface area contributed by atoms with Gasteiger partial charge in [0.1, 0.15) is 0 Å². The van der Waals surface area contributed by atoms with Gasteiger partial charge in [-0.2, -0.15) is 0 Å². The van der Waals surface area contributed by atoms with E-state index in [0.717, 1.165) is 70.0 Å². The number of aromatic nitrogens is 1. The Labute approximate surface area is 223 Å². The summed E-state index contributed by atoms with van der Waals surface area (Å²) >= 11 is 0. The lowest BCUT2D eigenvalue weighted by molar-refractivity contribution is -0.142. The summed E-state index contributed by atoms with van der Waals surface area (Å²) in [7, 11) is 0. The summed E-state index contributed by atoms with van der Waals surface area (Å²) in [6.07, 6.45) is 3.15. The summed E-state index contributed by atoms with van der Waals surface area (Å²) in [4.78, 5) is 12.1. The molecule has 1 unspecified atom stereocenters. The fourth-order valence-corrected chi connectivity index (χ4v) is 4.94. The molecule has 5 rings (SSSR count). The van der Waals surface area contributed by atoms with Gasteiger partial charge in [-0.15, -0.1) is 0 Å². The first-order chi connectivity index (χ1) is 18.5. The number of carbonyl (C=O) groups is 1. The van der Waals surface area contributed by atoms with Crippen molar-refractivity contribution >= 4 is 5.97 Å². The molecule has 4 aromatic rings. The van der Waals surface area contributed by atoms with Crippen molar-refractivity contribution in [2.45, 2.75) is 46.5 Å². The van der Waals surface area contributed by atoms with Gasteiger partial charge in [-0.25, -0.2) is 0 Å². The van der Waals surface area contributed by atoms with Crippen molar-refractivity contribution in [3.8, 4) is 33.9 Å². The van der Waals surface area contributed by atoms with Crippen molar-refractivity contribution in [3.05, 3.63) is 89.1 Å². The third kappa shape index (κ3) is 5.75. The van der Waals surface area contributed by atoms with Crippen molar-refractivity contribution < 1.29 is 23.5 Å². The van der Waals surface area contributed by atoms with Crippen LogP contribution in [-0.4, -0.2) is 24.5 Å². The first kappa shape index (κ1) is 25.6. The number of hydrogen-bond donors (Lipinski definition) is 0. The number of fused-ring (bicyclic) bond motifs is 1. The maximum absolute atomic E-state index is 12.1. The van der Waals surface area contributed by atoms with Crippen molar-refractivity contribution in [3.63, 3.8) is 0 Å². The zero-order valence-electron chi connectivity index (χ0n) is 22.2. The molecule has 2 heterocycles. The van der Waals surface area contributed by atoms with Gasteiger partial charge in [-0.1, -0.05) is 66.7 Å². The Balaban J connectivity index is 1.28. The van der Waals surface area contributed by atoms with Crippen LogP contribution in [0.15, 0.2) is 71.3 Å². The molecular formula is C32H33NO5. The molecule has 38 heavy (non-hydrogen) atoms. The van der Waals surface area contributed by atoms with Gasteiger partial charge in [-0.05, 0) is 73.4 Å². The molecule has 6 heteroatoms. The van der Waals surface area contributed by atoms with E-state index in [0.29, 0.717) is 19.3 Å². The minimum absolute atomic E-state index is 0.217. The molecule has 0 radical (unpaired) electrons. The van der Waals surface area contributed by atoms with Gasteiger partial charge in [0.2, 0.25) is 6.79 Å². The Kier molecular flexibility index (Phi) is 7.78. The van der Waals surface area contributed by atoms with Gasteiger partial charge in [0.15, 0.2) is 17.3 Å². The second-order valence-corrected chi connectivity index (χ2v) is 9.83. The molecular weight excluding hydrogens is 478 g/mol. The first-order valence-electron chi connectivity index (χ1n) is 13.2. The maximum atomic E-state index is 12.1. The van der Waals surface area contributed by atoms with E-state index >= 15 is 0 Å². The minimum atomic E-state index is -0.217. The van der Waals surface area contributed by atoms with Gasteiger partial charge >= 0.3 is 5.97 Å². The summed E-state index contributed by atoms with van der Waals surface area (Å²) in [6, 6.07) is 22.4. The van der Waals surface area contributed by atoms with Crippen LogP contribution in [0.1, 0.15) is 42.7 Å². The van der Waals surface area contributed by atoms with E-state index in [1.54, 1.807) is 0 Å². The van der Waals surface area contributed by atoms with Crippen LogP contribution in [0.4, 0.5) is 0 Å². The van der Waals surface area contributed by atoms with Gasteiger partial charge in [0.05, 0.1) is 18.7 Å². The van der Waals surface area contributed by atoms with Crippen LogP contribution in [0.2, 0.25) is 0 Å². The molecule has 0 saturated carbocycles. The Morgan fingerprint density at radius 1 is 1.00 bits per heavy atom. The zero-order chi connectivity index (χ0) is 26.5. The predicted octanol–water partition coefficient (Wildman–Crippen LogP) is 6.96. The first-order valence-corrected chi connectivity index (χ1v) is 13.2. The lowest BCUT2D eigenvalue weighted by Crippen LogP contribution is -2.08. The van der Waals surface area contributed by atoms with Gasteiger partial charge in [0.25, 0.3) is 0 Å². The number of carbonyl (C=O) groups excluding carboxylic acids is 1. The number of aryl methyl sites for hydroxylation is 2. The number of ether oxygens (including phenoxy) is 3. The van der Waals surface area contributed by atoms with Crippen LogP contribution in [0.25, 0.3) is 22.5 Å². The molecule has 0 fully saturated rings. The van der Waals surface area contributed by atoms with E-state index in [9.17, 15) is 4.79 Å². The Bertz CT molecular complexity index is 1410. The Morgan fingerprint density at radius 3 is 2.58 bits per heavy atom. The largest absolute Gasteiger partial charge is 0.466 e. The second-order valence-electron chi connectivity index (χ2n) is 9.83. The van der Waals surface area contributed by atoms with E-state index in [1.807, 2.05) is 44.2 Å². The Morgan fingerprint density at radius 2 is 1.76 bits per heavy atom. The highest BCUT2D eigenvalue weighted by atomic mass is 16.7. The third-order valence-corrected chi connectivity index (χ3v) is 7.02. The van der Waals surface area contributed by atoms with Gasteiger partial charge in [-0.3, -0.25) is 4.79 Å². The van der Waals surface area contributed by atoms with Crippen LogP contribution in [0.3, 0.4) is 0 Å². The van der Waals surface area contributed by atoms with Crippen LogP contribution in [0, 0.1) is 12.8 Å². The highest BCUT2D eigenvalue weighted by Gasteiger charge is 2.19. The summed E-state index contributed by atoms with van der Waals surface area (Å²) < 4.78 is 21.9. The normalized spacial score (nSPS) is 12.9. The van der Waals surface area contributed by atoms with E-state index in [2.05, 4.69) is 48.5 Å². The quantitative estimate of drug-likeness (QED) is 0.214. The van der Waals surface area contributed by atoms with Crippen molar-refractivity contribution in [2.24, 2.45) is 5.92 Å². The average molecular weight is 512 g/mol. The van der Waals surface area contributed by atoms with Crippen molar-refractivity contribution in [1.29, 1.82) is 0 Å². The molecule has 1 aliphatic heterocycles. The molecule has 3 aromatic carbocycles. The third-order valence-electron chi connectivity index (χ3n) is 7.02. The average Bonchev–Trinajstić information content (AvgIpc) is 3.54. The highest BCUT2D eigenvalue weighted by Crippen LogP contribution is 2.34. The molecule has 196 valence electrons. The summed E-state index contributed by atoms with van der Waals surface area (Å²) in [5.41, 5.74) is 7.35.